The summed E-state index contributed by atoms with van der Waals surface area (Å²) >= 11 is 0. The Kier molecular flexibility index (Phi) is 6.81. The Morgan fingerprint density at radius 2 is 1.94 bits per heavy atom. The van der Waals surface area contributed by atoms with Gasteiger partial charge in [0.15, 0.2) is 5.82 Å². The predicted octanol–water partition coefficient (Wildman–Crippen LogP) is 4.01. The number of aromatic nitrogens is 6. The van der Waals surface area contributed by atoms with Crippen molar-refractivity contribution in [3.63, 3.8) is 0 Å². The monoisotopic (exact) mass is 480 g/mol. The van der Waals surface area contributed by atoms with Crippen molar-refractivity contribution in [2.75, 3.05) is 6.54 Å². The van der Waals surface area contributed by atoms with Gasteiger partial charge < -0.3 is 15.6 Å². The number of amides is 1. The highest BCUT2D eigenvalue weighted by atomic mass is 16.1. The molecule has 0 unspecified atom stereocenters. The Morgan fingerprint density at radius 1 is 1.03 bits per heavy atom. The summed E-state index contributed by atoms with van der Waals surface area (Å²) in [5, 5.41) is 14.8. The molecule has 9 heteroatoms. The molecule has 0 radical (unpaired) electrons. The Balaban J connectivity index is 1.43. The van der Waals surface area contributed by atoms with Gasteiger partial charge in [-0.2, -0.15) is 5.10 Å². The maximum Gasteiger partial charge on any atom is 0.269 e. The molecular formula is C27H28N8O. The van der Waals surface area contributed by atoms with Crippen LogP contribution in [0.5, 0.6) is 0 Å². The van der Waals surface area contributed by atoms with Crippen LogP contribution in [0.2, 0.25) is 0 Å². The normalized spacial score (nSPS) is 11.2. The van der Waals surface area contributed by atoms with Gasteiger partial charge in [-0.15, -0.1) is 0 Å². The zero-order chi connectivity index (χ0) is 24.9. The first-order valence-corrected chi connectivity index (χ1v) is 12.0. The summed E-state index contributed by atoms with van der Waals surface area (Å²) in [6, 6.07) is 9.95. The molecule has 4 heterocycles. The average Bonchev–Trinajstić information content (AvgIpc) is 3.58. The molecule has 0 aliphatic rings. The first-order valence-electron chi connectivity index (χ1n) is 12.0. The Bertz CT molecular complexity index is 1490. The number of rotatable bonds is 9. The molecule has 182 valence electrons. The molecule has 0 spiro atoms. The van der Waals surface area contributed by atoms with Crippen LogP contribution in [0, 0.1) is 0 Å². The van der Waals surface area contributed by atoms with Gasteiger partial charge in [0.2, 0.25) is 0 Å². The summed E-state index contributed by atoms with van der Waals surface area (Å²) in [4.78, 5) is 28.8. The van der Waals surface area contributed by atoms with Crippen LogP contribution in [0.15, 0.2) is 61.3 Å². The lowest BCUT2D eigenvalue weighted by Crippen LogP contribution is -2.23. The highest BCUT2D eigenvalue weighted by Crippen LogP contribution is 2.32. The molecule has 1 aromatic carbocycles. The van der Waals surface area contributed by atoms with Gasteiger partial charge in [-0.3, -0.25) is 19.9 Å². The van der Waals surface area contributed by atoms with Gasteiger partial charge in [-0.05, 0) is 53.4 Å². The molecule has 0 aliphatic heterocycles. The number of carbonyl (C=O) groups is 1. The zero-order valence-electron chi connectivity index (χ0n) is 20.3. The number of aromatic amines is 2. The third-order valence-corrected chi connectivity index (χ3v) is 6.16. The smallest absolute Gasteiger partial charge is 0.269 e. The lowest BCUT2D eigenvalue weighted by Gasteiger charge is -2.13. The number of H-pyrrole nitrogens is 2. The van der Waals surface area contributed by atoms with E-state index in [1.165, 1.54) is 17.3 Å². The summed E-state index contributed by atoms with van der Waals surface area (Å²) in [7, 11) is 0. The molecule has 0 bridgehead atoms. The van der Waals surface area contributed by atoms with Gasteiger partial charge in [-0.1, -0.05) is 26.0 Å². The molecule has 4 aromatic heterocycles. The van der Waals surface area contributed by atoms with E-state index in [9.17, 15) is 4.79 Å². The van der Waals surface area contributed by atoms with E-state index in [4.69, 9.17) is 0 Å². The number of fused-ring (bicyclic) bond motifs is 1. The lowest BCUT2D eigenvalue weighted by molar-refractivity contribution is 0.0946. The molecular weight excluding hydrogens is 452 g/mol. The number of nitrogens with one attached hydrogen (secondary N) is 4. The lowest BCUT2D eigenvalue weighted by atomic mass is 9.95. The summed E-state index contributed by atoms with van der Waals surface area (Å²) in [6.07, 6.45) is 9.73. The maximum atomic E-state index is 12.6. The minimum absolute atomic E-state index is 0.241. The number of nitrogens with zero attached hydrogens (tertiary/aromatic N) is 4. The third kappa shape index (κ3) is 4.73. The second-order valence-electron chi connectivity index (χ2n) is 8.48. The zero-order valence-corrected chi connectivity index (χ0v) is 20.3. The van der Waals surface area contributed by atoms with E-state index < -0.39 is 0 Å². The van der Waals surface area contributed by atoms with E-state index in [-0.39, 0.29) is 5.91 Å². The van der Waals surface area contributed by atoms with Crippen molar-refractivity contribution in [1.29, 1.82) is 0 Å². The Hall–Kier alpha value is -4.37. The second-order valence-corrected chi connectivity index (χ2v) is 8.48. The molecule has 5 rings (SSSR count). The minimum atomic E-state index is -0.241. The van der Waals surface area contributed by atoms with Crippen molar-refractivity contribution in [3.05, 3.63) is 83.7 Å². The summed E-state index contributed by atoms with van der Waals surface area (Å²) < 4.78 is 0. The number of benzene rings is 1. The van der Waals surface area contributed by atoms with Crippen LogP contribution >= 0.6 is 0 Å². The molecule has 0 aliphatic carbocycles. The van der Waals surface area contributed by atoms with Crippen LogP contribution in [0.1, 0.15) is 41.0 Å². The van der Waals surface area contributed by atoms with E-state index in [0.29, 0.717) is 23.8 Å². The van der Waals surface area contributed by atoms with E-state index in [2.05, 4.69) is 66.7 Å². The summed E-state index contributed by atoms with van der Waals surface area (Å²) in [5.74, 6) is 0.286. The first-order chi connectivity index (χ1) is 17.7. The van der Waals surface area contributed by atoms with Crippen LogP contribution in [0.3, 0.4) is 0 Å². The standard InChI is InChI=1S/C27H28N8O/c1-3-20-19(13-28-4-2)14-30-15-22(20)18-7-8-23-21(10-18)25(35-34-23)26-31-16-24(33-26)27(36)32-12-17-6-5-9-29-11-17/h5-11,14-16,28H,3-4,12-13H2,1-2H3,(H,31,33)(H,32,36)(H,34,35). The van der Waals surface area contributed by atoms with E-state index in [1.54, 1.807) is 12.4 Å². The fourth-order valence-electron chi connectivity index (χ4n) is 4.31. The van der Waals surface area contributed by atoms with Gasteiger partial charge >= 0.3 is 0 Å². The van der Waals surface area contributed by atoms with Gasteiger partial charge in [0.25, 0.3) is 5.91 Å². The quantitative estimate of drug-likeness (QED) is 0.253. The SMILES string of the molecule is CCNCc1cncc(-c2ccc3[nH]nc(-c4ncc(C(=O)NCc5cccnc5)[nH]4)c3c2)c1CC. The molecule has 36 heavy (non-hydrogen) atoms. The highest BCUT2D eigenvalue weighted by molar-refractivity contribution is 5.96. The predicted molar refractivity (Wildman–Crippen MR) is 139 cm³/mol. The number of pyridine rings is 2. The molecule has 0 atom stereocenters. The number of imidazole rings is 1. The third-order valence-electron chi connectivity index (χ3n) is 6.16. The van der Waals surface area contributed by atoms with Crippen LogP contribution in [-0.4, -0.2) is 42.6 Å². The maximum absolute atomic E-state index is 12.6. The molecule has 0 fully saturated rings. The van der Waals surface area contributed by atoms with Crippen LogP contribution < -0.4 is 10.6 Å². The fourth-order valence-corrected chi connectivity index (χ4v) is 4.31. The van der Waals surface area contributed by atoms with Crippen molar-refractivity contribution in [1.82, 2.24) is 40.8 Å². The van der Waals surface area contributed by atoms with E-state index >= 15 is 0 Å². The number of carbonyl (C=O) groups excluding carboxylic acids is 1. The van der Waals surface area contributed by atoms with Crippen molar-refractivity contribution in [2.24, 2.45) is 0 Å². The fraction of sp³-hybridized carbons (Fsp3) is 0.222. The average molecular weight is 481 g/mol. The Labute approximate surface area is 208 Å². The molecule has 9 nitrogen and oxygen atoms in total. The van der Waals surface area contributed by atoms with Gasteiger partial charge in [0.1, 0.15) is 11.4 Å². The van der Waals surface area contributed by atoms with E-state index in [1.807, 2.05) is 30.6 Å². The summed E-state index contributed by atoms with van der Waals surface area (Å²) in [5.41, 5.74) is 7.50. The van der Waals surface area contributed by atoms with Crippen molar-refractivity contribution >= 4 is 16.8 Å². The molecule has 0 saturated heterocycles. The minimum Gasteiger partial charge on any atom is -0.347 e. The van der Waals surface area contributed by atoms with Crippen molar-refractivity contribution in [3.8, 4) is 22.6 Å². The second kappa shape index (κ2) is 10.5. The Morgan fingerprint density at radius 3 is 2.75 bits per heavy atom. The van der Waals surface area contributed by atoms with Gasteiger partial charge in [0, 0.05) is 48.8 Å². The molecule has 4 N–H and O–H groups in total. The highest BCUT2D eigenvalue weighted by Gasteiger charge is 2.17. The number of hydrogen-bond acceptors (Lipinski definition) is 6. The van der Waals surface area contributed by atoms with Crippen molar-refractivity contribution in [2.45, 2.75) is 33.4 Å². The topological polar surface area (TPSA) is 124 Å². The molecule has 5 aromatic rings. The van der Waals surface area contributed by atoms with Gasteiger partial charge in [-0.25, -0.2) is 4.98 Å². The van der Waals surface area contributed by atoms with Crippen LogP contribution in [0.25, 0.3) is 33.5 Å². The largest absolute Gasteiger partial charge is 0.347 e. The van der Waals surface area contributed by atoms with Gasteiger partial charge in [0.05, 0.1) is 11.7 Å². The summed E-state index contributed by atoms with van der Waals surface area (Å²) in [6.45, 7) is 6.35. The van der Waals surface area contributed by atoms with Crippen LogP contribution in [-0.2, 0) is 19.5 Å². The van der Waals surface area contributed by atoms with Crippen molar-refractivity contribution < 1.29 is 4.79 Å². The van der Waals surface area contributed by atoms with Crippen LogP contribution in [0.4, 0.5) is 0 Å². The first kappa shape index (κ1) is 23.4. The van der Waals surface area contributed by atoms with E-state index in [0.717, 1.165) is 47.1 Å². The molecule has 1 amide bonds. The number of hydrogen-bond donors (Lipinski definition) is 4. The molecule has 0 saturated carbocycles.